The molecular weight excluding hydrogens is 374 g/mol. The Morgan fingerprint density at radius 1 is 1.14 bits per heavy atom. The van der Waals surface area contributed by atoms with Crippen LogP contribution in [0.5, 0.6) is 0 Å². The SMILES string of the molecule is NC(=O)C(Cc1cccs1)NC(=O)c1cccc2[nH]c(-c3ccncc3)nc12. The van der Waals surface area contributed by atoms with Crippen LogP contribution in [-0.2, 0) is 11.2 Å². The Morgan fingerprint density at radius 2 is 1.96 bits per heavy atom. The van der Waals surface area contributed by atoms with E-state index in [1.807, 2.05) is 35.7 Å². The average molecular weight is 391 g/mol. The van der Waals surface area contributed by atoms with E-state index in [2.05, 4.69) is 20.3 Å². The molecule has 3 heterocycles. The zero-order valence-electron chi connectivity index (χ0n) is 14.8. The van der Waals surface area contributed by atoms with Gasteiger partial charge in [0.1, 0.15) is 17.4 Å². The highest BCUT2D eigenvalue weighted by molar-refractivity contribution is 7.09. The fourth-order valence-corrected chi connectivity index (χ4v) is 3.70. The number of aromatic amines is 1. The number of hydrogen-bond acceptors (Lipinski definition) is 5. The Morgan fingerprint density at radius 3 is 2.68 bits per heavy atom. The first-order chi connectivity index (χ1) is 13.6. The van der Waals surface area contributed by atoms with Crippen LogP contribution in [0, 0.1) is 0 Å². The Bertz CT molecular complexity index is 1120. The number of hydrogen-bond donors (Lipinski definition) is 3. The molecule has 0 aliphatic heterocycles. The molecule has 2 amide bonds. The van der Waals surface area contributed by atoms with Crippen LogP contribution >= 0.6 is 11.3 Å². The van der Waals surface area contributed by atoms with Crippen molar-refractivity contribution in [3.8, 4) is 11.4 Å². The van der Waals surface area contributed by atoms with Gasteiger partial charge in [0.15, 0.2) is 0 Å². The van der Waals surface area contributed by atoms with Gasteiger partial charge in [-0.1, -0.05) is 12.1 Å². The summed E-state index contributed by atoms with van der Waals surface area (Å²) in [5.74, 6) is -0.324. The number of H-pyrrole nitrogens is 1. The van der Waals surface area contributed by atoms with Crippen LogP contribution in [-0.4, -0.2) is 32.8 Å². The molecule has 1 unspecified atom stereocenters. The maximum atomic E-state index is 12.9. The highest BCUT2D eigenvalue weighted by Gasteiger charge is 2.22. The number of primary amides is 1. The van der Waals surface area contributed by atoms with Gasteiger partial charge >= 0.3 is 0 Å². The van der Waals surface area contributed by atoms with E-state index >= 15 is 0 Å². The number of benzene rings is 1. The van der Waals surface area contributed by atoms with Crippen molar-refractivity contribution < 1.29 is 9.59 Å². The second-order valence-electron chi connectivity index (χ2n) is 6.23. The number of aromatic nitrogens is 3. The van der Waals surface area contributed by atoms with E-state index in [1.54, 1.807) is 24.5 Å². The summed E-state index contributed by atoms with van der Waals surface area (Å²) in [6.07, 6.45) is 3.72. The molecule has 7 nitrogen and oxygen atoms in total. The summed E-state index contributed by atoms with van der Waals surface area (Å²) in [5.41, 5.74) is 8.01. The lowest BCUT2D eigenvalue weighted by molar-refractivity contribution is -0.119. The lowest BCUT2D eigenvalue weighted by Gasteiger charge is -2.15. The van der Waals surface area contributed by atoms with Gasteiger partial charge in [-0.15, -0.1) is 11.3 Å². The molecule has 8 heteroatoms. The van der Waals surface area contributed by atoms with E-state index < -0.39 is 17.9 Å². The van der Waals surface area contributed by atoms with Crippen LogP contribution in [0.25, 0.3) is 22.4 Å². The third-order valence-corrected chi connectivity index (χ3v) is 5.24. The molecule has 0 saturated carbocycles. The Hall–Kier alpha value is -3.52. The molecule has 0 aliphatic rings. The van der Waals surface area contributed by atoms with Crippen LogP contribution in [0.1, 0.15) is 15.2 Å². The van der Waals surface area contributed by atoms with Gasteiger partial charge < -0.3 is 16.0 Å². The highest BCUT2D eigenvalue weighted by Crippen LogP contribution is 2.22. The van der Waals surface area contributed by atoms with Gasteiger partial charge in [0.2, 0.25) is 5.91 Å². The lowest BCUT2D eigenvalue weighted by atomic mass is 10.1. The Kier molecular flexibility index (Phi) is 4.86. The van der Waals surface area contributed by atoms with Gasteiger partial charge in [-0.3, -0.25) is 14.6 Å². The van der Waals surface area contributed by atoms with Crippen molar-refractivity contribution in [2.45, 2.75) is 12.5 Å². The fourth-order valence-electron chi connectivity index (χ4n) is 2.95. The lowest BCUT2D eigenvalue weighted by Crippen LogP contribution is -2.45. The van der Waals surface area contributed by atoms with Crippen molar-refractivity contribution in [1.29, 1.82) is 0 Å². The number of fused-ring (bicyclic) bond motifs is 1. The van der Waals surface area contributed by atoms with Gasteiger partial charge in [0.25, 0.3) is 5.91 Å². The maximum Gasteiger partial charge on any atom is 0.254 e. The van der Waals surface area contributed by atoms with Crippen molar-refractivity contribution in [2.75, 3.05) is 0 Å². The standard InChI is InChI=1S/C20H17N5O2S/c21-18(26)16(11-13-3-2-10-28-13)24-20(27)14-4-1-5-15-17(14)25-19(23-15)12-6-8-22-9-7-12/h1-10,16H,11H2,(H2,21,26)(H,23,25)(H,24,27). The molecule has 4 aromatic rings. The smallest absolute Gasteiger partial charge is 0.254 e. The van der Waals surface area contributed by atoms with E-state index in [-0.39, 0.29) is 0 Å². The number of para-hydroxylation sites is 1. The van der Waals surface area contributed by atoms with Crippen molar-refractivity contribution in [3.63, 3.8) is 0 Å². The zero-order chi connectivity index (χ0) is 19.5. The van der Waals surface area contributed by atoms with Crippen LogP contribution in [0.2, 0.25) is 0 Å². The molecule has 1 atom stereocenters. The molecule has 3 aromatic heterocycles. The average Bonchev–Trinajstić information content (AvgIpc) is 3.37. The molecule has 0 spiro atoms. The minimum Gasteiger partial charge on any atom is -0.368 e. The molecule has 0 aliphatic carbocycles. The normalized spacial score (nSPS) is 12.0. The summed E-state index contributed by atoms with van der Waals surface area (Å²) < 4.78 is 0. The predicted molar refractivity (Wildman–Crippen MR) is 108 cm³/mol. The quantitative estimate of drug-likeness (QED) is 0.468. The van der Waals surface area contributed by atoms with E-state index in [1.165, 1.54) is 11.3 Å². The summed E-state index contributed by atoms with van der Waals surface area (Å²) in [4.78, 5) is 37.5. The number of thiophene rings is 1. The molecule has 0 saturated heterocycles. The molecular formula is C20H17N5O2S. The second-order valence-corrected chi connectivity index (χ2v) is 7.27. The Labute approximate surface area is 164 Å². The number of nitrogens with one attached hydrogen (secondary N) is 2. The van der Waals surface area contributed by atoms with Crippen molar-refractivity contribution in [3.05, 3.63) is 70.7 Å². The van der Waals surface area contributed by atoms with E-state index in [0.717, 1.165) is 16.0 Å². The molecule has 4 N–H and O–H groups in total. The topological polar surface area (TPSA) is 114 Å². The van der Waals surface area contributed by atoms with Gasteiger partial charge in [0.05, 0.1) is 11.1 Å². The van der Waals surface area contributed by atoms with Gasteiger partial charge in [-0.25, -0.2) is 4.98 Å². The summed E-state index contributed by atoms with van der Waals surface area (Å²) in [6.45, 7) is 0. The van der Waals surface area contributed by atoms with Gasteiger partial charge in [-0.2, -0.15) is 0 Å². The number of nitrogens with zero attached hydrogens (tertiary/aromatic N) is 2. The number of carbonyl (C=O) groups excluding carboxylic acids is 2. The minimum absolute atomic E-state index is 0.359. The van der Waals surface area contributed by atoms with E-state index in [9.17, 15) is 9.59 Å². The summed E-state index contributed by atoms with van der Waals surface area (Å²) >= 11 is 1.51. The summed E-state index contributed by atoms with van der Waals surface area (Å²) in [7, 11) is 0. The van der Waals surface area contributed by atoms with Crippen LogP contribution in [0.4, 0.5) is 0 Å². The van der Waals surface area contributed by atoms with Crippen molar-refractivity contribution in [2.24, 2.45) is 5.73 Å². The minimum atomic E-state index is -0.792. The van der Waals surface area contributed by atoms with Gasteiger partial charge in [0, 0.05) is 29.3 Å². The molecule has 28 heavy (non-hydrogen) atoms. The largest absolute Gasteiger partial charge is 0.368 e. The van der Waals surface area contributed by atoms with Crippen molar-refractivity contribution in [1.82, 2.24) is 20.3 Å². The third-order valence-electron chi connectivity index (χ3n) is 4.35. The zero-order valence-corrected chi connectivity index (χ0v) is 15.6. The molecule has 0 bridgehead atoms. The summed E-state index contributed by atoms with van der Waals surface area (Å²) in [5, 5.41) is 4.66. The first-order valence-electron chi connectivity index (χ1n) is 8.63. The third kappa shape index (κ3) is 3.63. The number of carbonyl (C=O) groups is 2. The molecule has 4 rings (SSSR count). The Balaban J connectivity index is 1.63. The van der Waals surface area contributed by atoms with E-state index in [0.29, 0.717) is 23.3 Å². The summed E-state index contributed by atoms with van der Waals surface area (Å²) in [6, 6.07) is 12.0. The monoisotopic (exact) mass is 391 g/mol. The molecule has 0 fully saturated rings. The molecule has 140 valence electrons. The number of amides is 2. The van der Waals surface area contributed by atoms with Crippen molar-refractivity contribution >= 4 is 34.2 Å². The van der Waals surface area contributed by atoms with E-state index in [4.69, 9.17) is 5.73 Å². The van der Waals surface area contributed by atoms with Gasteiger partial charge in [-0.05, 0) is 35.7 Å². The first-order valence-corrected chi connectivity index (χ1v) is 9.51. The number of nitrogens with two attached hydrogens (primary N) is 1. The van der Waals surface area contributed by atoms with Crippen LogP contribution < -0.4 is 11.1 Å². The second kappa shape index (κ2) is 7.61. The predicted octanol–water partition coefficient (Wildman–Crippen LogP) is 2.51. The fraction of sp³-hybridized carbons (Fsp3) is 0.100. The first kappa shape index (κ1) is 17.9. The van der Waals surface area contributed by atoms with Crippen LogP contribution in [0.3, 0.4) is 0 Å². The highest BCUT2D eigenvalue weighted by atomic mass is 32.1. The molecule has 1 aromatic carbocycles. The van der Waals surface area contributed by atoms with Crippen LogP contribution in [0.15, 0.2) is 60.2 Å². The number of rotatable bonds is 6. The number of imidazole rings is 1. The molecule has 0 radical (unpaired) electrons. The maximum absolute atomic E-state index is 12.9. The number of pyridine rings is 1.